The third-order valence-electron chi connectivity index (χ3n) is 4.22. The molecule has 0 atom stereocenters. The number of nitrogens with one attached hydrogen (secondary N) is 1. The first-order valence-electron chi connectivity index (χ1n) is 8.71. The number of methoxy groups -OCH3 is 2. The summed E-state index contributed by atoms with van der Waals surface area (Å²) >= 11 is 12.1. The number of halogens is 2. The molecule has 0 aliphatic carbocycles. The minimum absolute atomic E-state index is 0.354. The number of para-hydroxylation sites is 1. The second kappa shape index (κ2) is 9.58. The van der Waals surface area contributed by atoms with Crippen molar-refractivity contribution in [1.82, 2.24) is 0 Å². The molecule has 28 heavy (non-hydrogen) atoms. The van der Waals surface area contributed by atoms with Crippen molar-refractivity contribution < 1.29 is 14.2 Å². The van der Waals surface area contributed by atoms with Crippen molar-refractivity contribution in [2.75, 3.05) is 19.5 Å². The first kappa shape index (κ1) is 20.2. The van der Waals surface area contributed by atoms with Gasteiger partial charge in [-0.3, -0.25) is 0 Å². The zero-order valence-corrected chi connectivity index (χ0v) is 17.2. The van der Waals surface area contributed by atoms with E-state index in [0.29, 0.717) is 34.7 Å². The standard InChI is InChI=1S/C22H21Cl2NO3/c1-26-18-9-7-17(8-10-18)25-13-16-4-3-5-21(27-2)22(16)28-14-15-6-11-19(23)20(24)12-15/h3-12,25H,13-14H2,1-2H3. The lowest BCUT2D eigenvalue weighted by Crippen LogP contribution is -2.05. The summed E-state index contributed by atoms with van der Waals surface area (Å²) in [7, 11) is 3.28. The zero-order chi connectivity index (χ0) is 19.9. The monoisotopic (exact) mass is 417 g/mol. The van der Waals surface area contributed by atoms with Gasteiger partial charge in [0.05, 0.1) is 24.3 Å². The van der Waals surface area contributed by atoms with Gasteiger partial charge >= 0.3 is 0 Å². The van der Waals surface area contributed by atoms with E-state index in [2.05, 4.69) is 5.32 Å². The number of hydrogen-bond donors (Lipinski definition) is 1. The molecule has 0 spiro atoms. The largest absolute Gasteiger partial charge is 0.497 e. The highest BCUT2D eigenvalue weighted by atomic mass is 35.5. The molecule has 0 aliphatic heterocycles. The molecule has 1 N–H and O–H groups in total. The molecule has 6 heteroatoms. The van der Waals surface area contributed by atoms with E-state index >= 15 is 0 Å². The molecular weight excluding hydrogens is 397 g/mol. The third-order valence-corrected chi connectivity index (χ3v) is 4.96. The molecular formula is C22H21Cl2NO3. The third kappa shape index (κ3) is 5.03. The van der Waals surface area contributed by atoms with Crippen molar-refractivity contribution in [3.05, 3.63) is 81.8 Å². The van der Waals surface area contributed by atoms with E-state index in [9.17, 15) is 0 Å². The fourth-order valence-corrected chi connectivity index (χ4v) is 3.04. The molecule has 0 unspecified atom stereocenters. The fourth-order valence-electron chi connectivity index (χ4n) is 2.72. The summed E-state index contributed by atoms with van der Waals surface area (Å²) in [5.41, 5.74) is 2.89. The van der Waals surface area contributed by atoms with E-state index in [1.54, 1.807) is 26.4 Å². The van der Waals surface area contributed by atoms with E-state index in [4.69, 9.17) is 37.4 Å². The van der Waals surface area contributed by atoms with E-state index in [1.165, 1.54) is 0 Å². The Morgan fingerprint density at radius 3 is 2.32 bits per heavy atom. The topological polar surface area (TPSA) is 39.7 Å². The molecule has 0 saturated carbocycles. The van der Waals surface area contributed by atoms with E-state index in [-0.39, 0.29) is 0 Å². The predicted molar refractivity (Wildman–Crippen MR) is 114 cm³/mol. The molecule has 0 radical (unpaired) electrons. The zero-order valence-electron chi connectivity index (χ0n) is 15.7. The van der Waals surface area contributed by atoms with Crippen LogP contribution < -0.4 is 19.5 Å². The molecule has 0 aromatic heterocycles. The van der Waals surface area contributed by atoms with Gasteiger partial charge < -0.3 is 19.5 Å². The van der Waals surface area contributed by atoms with Crippen LogP contribution in [-0.2, 0) is 13.2 Å². The van der Waals surface area contributed by atoms with Gasteiger partial charge in [-0.1, -0.05) is 41.4 Å². The molecule has 3 aromatic carbocycles. The minimum Gasteiger partial charge on any atom is -0.497 e. The summed E-state index contributed by atoms with van der Waals surface area (Å²) in [5, 5.41) is 4.41. The number of hydrogen-bond acceptors (Lipinski definition) is 4. The molecule has 3 aromatic rings. The Morgan fingerprint density at radius 1 is 0.857 bits per heavy atom. The fraction of sp³-hybridized carbons (Fsp3) is 0.182. The van der Waals surface area contributed by atoms with Crippen molar-refractivity contribution in [1.29, 1.82) is 0 Å². The second-order valence-electron chi connectivity index (χ2n) is 6.07. The average Bonchev–Trinajstić information content (AvgIpc) is 2.73. The van der Waals surface area contributed by atoms with Crippen LogP contribution in [0.2, 0.25) is 10.0 Å². The van der Waals surface area contributed by atoms with Crippen LogP contribution in [0.25, 0.3) is 0 Å². The van der Waals surface area contributed by atoms with Crippen LogP contribution in [0, 0.1) is 0 Å². The number of benzene rings is 3. The van der Waals surface area contributed by atoms with Crippen molar-refractivity contribution in [3.63, 3.8) is 0 Å². The highest BCUT2D eigenvalue weighted by molar-refractivity contribution is 6.42. The summed E-state index contributed by atoms with van der Waals surface area (Å²) < 4.78 is 16.8. The van der Waals surface area contributed by atoms with Gasteiger partial charge in [-0.25, -0.2) is 0 Å². The molecule has 0 fully saturated rings. The van der Waals surface area contributed by atoms with Gasteiger partial charge in [0, 0.05) is 17.8 Å². The summed E-state index contributed by atoms with van der Waals surface area (Å²) in [6.07, 6.45) is 0. The maximum absolute atomic E-state index is 6.09. The quantitative estimate of drug-likeness (QED) is 0.473. The van der Waals surface area contributed by atoms with Crippen LogP contribution in [0.4, 0.5) is 5.69 Å². The van der Waals surface area contributed by atoms with Crippen LogP contribution >= 0.6 is 23.2 Å². The Hall–Kier alpha value is -2.56. The first-order chi connectivity index (χ1) is 13.6. The van der Waals surface area contributed by atoms with Crippen LogP contribution in [0.3, 0.4) is 0 Å². The molecule has 0 bridgehead atoms. The van der Waals surface area contributed by atoms with E-state index in [0.717, 1.165) is 22.6 Å². The predicted octanol–water partition coefficient (Wildman–Crippen LogP) is 6.20. The van der Waals surface area contributed by atoms with Gasteiger partial charge in [-0.2, -0.15) is 0 Å². The van der Waals surface area contributed by atoms with Crippen molar-refractivity contribution in [2.45, 2.75) is 13.2 Å². The van der Waals surface area contributed by atoms with E-state index in [1.807, 2.05) is 48.5 Å². The van der Waals surface area contributed by atoms with Gasteiger partial charge in [0.15, 0.2) is 11.5 Å². The van der Waals surface area contributed by atoms with E-state index < -0.39 is 0 Å². The molecule has 4 nitrogen and oxygen atoms in total. The maximum Gasteiger partial charge on any atom is 0.166 e. The molecule has 0 saturated heterocycles. The highest BCUT2D eigenvalue weighted by Gasteiger charge is 2.11. The summed E-state index contributed by atoms with van der Waals surface area (Å²) in [5.74, 6) is 2.18. The second-order valence-corrected chi connectivity index (χ2v) is 6.88. The van der Waals surface area contributed by atoms with Crippen LogP contribution in [-0.4, -0.2) is 14.2 Å². The molecule has 146 valence electrons. The van der Waals surface area contributed by atoms with Gasteiger partial charge in [-0.15, -0.1) is 0 Å². The highest BCUT2D eigenvalue weighted by Crippen LogP contribution is 2.33. The Bertz CT molecular complexity index is 930. The molecule has 3 rings (SSSR count). The van der Waals surface area contributed by atoms with Crippen molar-refractivity contribution >= 4 is 28.9 Å². The molecule has 0 heterocycles. The normalized spacial score (nSPS) is 10.4. The van der Waals surface area contributed by atoms with Gasteiger partial charge in [0.25, 0.3) is 0 Å². The Morgan fingerprint density at radius 2 is 1.64 bits per heavy atom. The SMILES string of the molecule is COc1ccc(NCc2cccc(OC)c2OCc2ccc(Cl)c(Cl)c2)cc1. The van der Waals surface area contributed by atoms with Crippen LogP contribution in [0.5, 0.6) is 17.2 Å². The average molecular weight is 418 g/mol. The van der Waals surface area contributed by atoms with Crippen LogP contribution in [0.15, 0.2) is 60.7 Å². The number of anilines is 1. The summed E-state index contributed by atoms with van der Waals surface area (Å²) in [6.45, 7) is 0.938. The maximum atomic E-state index is 6.09. The molecule has 0 aliphatic rings. The van der Waals surface area contributed by atoms with Gasteiger partial charge in [-0.05, 0) is 48.0 Å². The molecule has 0 amide bonds. The lowest BCUT2D eigenvalue weighted by molar-refractivity contribution is 0.281. The summed E-state index contributed by atoms with van der Waals surface area (Å²) in [4.78, 5) is 0. The van der Waals surface area contributed by atoms with Gasteiger partial charge in [0.1, 0.15) is 12.4 Å². The lowest BCUT2D eigenvalue weighted by Gasteiger charge is -2.16. The van der Waals surface area contributed by atoms with Gasteiger partial charge in [0.2, 0.25) is 0 Å². The van der Waals surface area contributed by atoms with Crippen molar-refractivity contribution in [2.24, 2.45) is 0 Å². The minimum atomic E-state index is 0.354. The van der Waals surface area contributed by atoms with Crippen molar-refractivity contribution in [3.8, 4) is 17.2 Å². The number of ether oxygens (including phenoxy) is 3. The summed E-state index contributed by atoms with van der Waals surface area (Å²) in [6, 6.07) is 19.0. The van der Waals surface area contributed by atoms with Crippen LogP contribution in [0.1, 0.15) is 11.1 Å². The smallest absolute Gasteiger partial charge is 0.166 e. The first-order valence-corrected chi connectivity index (χ1v) is 9.47. The lowest BCUT2D eigenvalue weighted by atomic mass is 10.1. The Balaban J connectivity index is 1.74. The number of rotatable bonds is 8. The Labute approximate surface area is 175 Å². The Kier molecular flexibility index (Phi) is 6.90.